The molecule has 4 nitrogen and oxygen atoms in total. The van der Waals surface area contributed by atoms with Gasteiger partial charge in [0.25, 0.3) is 0 Å². The van der Waals surface area contributed by atoms with Crippen LogP contribution in [0.2, 0.25) is 0 Å². The Morgan fingerprint density at radius 3 is 3.09 bits per heavy atom. The summed E-state index contributed by atoms with van der Waals surface area (Å²) in [7, 11) is 0. The van der Waals surface area contributed by atoms with Crippen LogP contribution in [-0.4, -0.2) is 42.9 Å². The van der Waals surface area contributed by atoms with Gasteiger partial charge in [-0.05, 0) is 49.8 Å². The third-order valence-corrected chi connectivity index (χ3v) is 5.64. The van der Waals surface area contributed by atoms with E-state index in [1.807, 2.05) is 30.5 Å². The molecule has 3 heterocycles. The first-order chi connectivity index (χ1) is 11.2. The summed E-state index contributed by atoms with van der Waals surface area (Å²) in [6.45, 7) is 2.76. The van der Waals surface area contributed by atoms with Gasteiger partial charge in [-0.15, -0.1) is 24.1 Å². The fourth-order valence-corrected chi connectivity index (χ4v) is 4.09. The van der Waals surface area contributed by atoms with Gasteiger partial charge in [-0.25, -0.2) is 4.79 Å². The summed E-state index contributed by atoms with van der Waals surface area (Å²) < 4.78 is 0. The predicted octanol–water partition coefficient (Wildman–Crippen LogP) is 2.87. The van der Waals surface area contributed by atoms with E-state index in [0.717, 1.165) is 30.1 Å². The summed E-state index contributed by atoms with van der Waals surface area (Å²) in [5.74, 6) is 3.94. The van der Waals surface area contributed by atoms with Crippen molar-refractivity contribution in [3.05, 3.63) is 24.3 Å². The second-order valence-corrected chi connectivity index (χ2v) is 7.15. The normalized spacial score (nSPS) is 28.9. The van der Waals surface area contributed by atoms with Crippen molar-refractivity contribution in [1.82, 2.24) is 10.2 Å². The molecular formula is C18H23N3OS. The van der Waals surface area contributed by atoms with Crippen LogP contribution < -0.4 is 10.6 Å². The first kappa shape index (κ1) is 16.2. The lowest BCUT2D eigenvalue weighted by Crippen LogP contribution is -2.56. The van der Waals surface area contributed by atoms with E-state index < -0.39 is 0 Å². The number of thioether (sulfide) groups is 1. The number of anilines is 1. The van der Waals surface area contributed by atoms with E-state index >= 15 is 0 Å². The monoisotopic (exact) mass is 329 g/mol. The fraction of sp³-hybridized carbons (Fsp3) is 0.500. The molecule has 2 N–H and O–H groups in total. The van der Waals surface area contributed by atoms with Crippen molar-refractivity contribution in [2.75, 3.05) is 31.2 Å². The maximum Gasteiger partial charge on any atom is 0.319 e. The Morgan fingerprint density at radius 2 is 2.39 bits per heavy atom. The molecule has 2 amide bonds. The number of carbonyl (C=O) groups excluding carboxylic acids is 1. The number of hydrogen-bond acceptors (Lipinski definition) is 3. The van der Waals surface area contributed by atoms with Crippen LogP contribution in [0.1, 0.15) is 12.8 Å². The molecule has 4 rings (SSSR count). The van der Waals surface area contributed by atoms with E-state index in [1.165, 1.54) is 6.42 Å². The second kappa shape index (κ2) is 7.29. The van der Waals surface area contributed by atoms with Crippen molar-refractivity contribution in [1.29, 1.82) is 0 Å². The molecule has 0 aliphatic carbocycles. The highest BCUT2D eigenvalue weighted by Gasteiger charge is 2.39. The highest BCUT2D eigenvalue weighted by molar-refractivity contribution is 7.98. The van der Waals surface area contributed by atoms with E-state index in [2.05, 4.69) is 21.5 Å². The summed E-state index contributed by atoms with van der Waals surface area (Å²) >= 11 is 1.66. The quantitative estimate of drug-likeness (QED) is 0.659. The van der Waals surface area contributed by atoms with Crippen molar-refractivity contribution < 1.29 is 4.79 Å². The smallest absolute Gasteiger partial charge is 0.319 e. The molecular weight excluding hydrogens is 306 g/mol. The first-order valence-electron chi connectivity index (χ1n) is 8.08. The molecule has 3 saturated heterocycles. The third kappa shape index (κ3) is 3.82. The van der Waals surface area contributed by atoms with Crippen molar-refractivity contribution in [2.24, 2.45) is 11.8 Å². The summed E-state index contributed by atoms with van der Waals surface area (Å²) in [5.41, 5.74) is 0.826. The molecule has 4 atom stereocenters. The Morgan fingerprint density at radius 1 is 1.52 bits per heavy atom. The summed E-state index contributed by atoms with van der Waals surface area (Å²) in [4.78, 5) is 15.7. The van der Waals surface area contributed by atoms with Gasteiger partial charge in [0.2, 0.25) is 0 Å². The lowest BCUT2D eigenvalue weighted by molar-refractivity contribution is 0.0242. The minimum Gasteiger partial charge on any atom is -0.336 e. The van der Waals surface area contributed by atoms with Crippen LogP contribution in [-0.2, 0) is 0 Å². The summed E-state index contributed by atoms with van der Waals surface area (Å²) in [6.07, 6.45) is 9.92. The summed E-state index contributed by atoms with van der Waals surface area (Å²) in [5, 5.41) is 5.91. The molecule has 3 fully saturated rings. The molecule has 0 spiro atoms. The Kier molecular flexibility index (Phi) is 5.14. The number of nitrogens with zero attached hydrogens (tertiary/aromatic N) is 1. The Labute approximate surface area is 142 Å². The van der Waals surface area contributed by atoms with Crippen LogP contribution in [0, 0.1) is 24.2 Å². The van der Waals surface area contributed by atoms with E-state index in [9.17, 15) is 4.79 Å². The zero-order valence-corrected chi connectivity index (χ0v) is 14.2. The average molecular weight is 329 g/mol. The van der Waals surface area contributed by atoms with Crippen LogP contribution in [0.4, 0.5) is 10.5 Å². The molecule has 3 aliphatic rings. The number of urea groups is 1. The largest absolute Gasteiger partial charge is 0.336 e. The zero-order valence-electron chi connectivity index (χ0n) is 13.4. The van der Waals surface area contributed by atoms with Gasteiger partial charge >= 0.3 is 6.03 Å². The van der Waals surface area contributed by atoms with Gasteiger partial charge in [0.1, 0.15) is 0 Å². The van der Waals surface area contributed by atoms with Crippen LogP contribution >= 0.6 is 11.8 Å². The maximum absolute atomic E-state index is 12.1. The minimum atomic E-state index is -0.139. The van der Waals surface area contributed by atoms with Crippen molar-refractivity contribution in [3.8, 4) is 12.3 Å². The van der Waals surface area contributed by atoms with Crippen molar-refractivity contribution in [2.45, 2.75) is 23.8 Å². The molecule has 0 saturated carbocycles. The summed E-state index contributed by atoms with van der Waals surface area (Å²) in [6, 6.07) is 8.15. The van der Waals surface area contributed by atoms with E-state index in [4.69, 9.17) is 6.42 Å². The molecule has 3 aliphatic heterocycles. The Hall–Kier alpha value is -1.64. The number of carbonyl (C=O) groups is 1. The topological polar surface area (TPSA) is 44.4 Å². The molecule has 1 unspecified atom stereocenters. The van der Waals surface area contributed by atoms with Crippen LogP contribution in [0.3, 0.4) is 0 Å². The molecule has 1 aromatic carbocycles. The third-order valence-electron chi connectivity index (χ3n) is 4.92. The molecule has 23 heavy (non-hydrogen) atoms. The van der Waals surface area contributed by atoms with Crippen LogP contribution in [0.25, 0.3) is 0 Å². The van der Waals surface area contributed by atoms with Gasteiger partial charge in [0.15, 0.2) is 0 Å². The van der Waals surface area contributed by atoms with Crippen molar-refractivity contribution in [3.63, 3.8) is 0 Å². The number of rotatable bonds is 4. The van der Waals surface area contributed by atoms with Gasteiger partial charge in [-0.3, -0.25) is 4.90 Å². The predicted molar refractivity (Wildman–Crippen MR) is 95.7 cm³/mol. The lowest BCUT2D eigenvalue weighted by atomic mass is 9.76. The van der Waals surface area contributed by atoms with E-state index in [1.54, 1.807) is 11.8 Å². The Balaban J connectivity index is 1.49. The number of nitrogens with one attached hydrogen (secondary N) is 2. The lowest BCUT2D eigenvalue weighted by Gasteiger charge is -2.48. The second-order valence-electron chi connectivity index (χ2n) is 6.27. The number of hydrogen-bond donors (Lipinski definition) is 2. The van der Waals surface area contributed by atoms with Gasteiger partial charge in [0.05, 0.1) is 0 Å². The first-order valence-corrected chi connectivity index (χ1v) is 9.31. The highest BCUT2D eigenvalue weighted by atomic mass is 32.2. The van der Waals surface area contributed by atoms with Crippen LogP contribution in [0.15, 0.2) is 29.2 Å². The number of fused-ring (bicyclic) bond motifs is 3. The van der Waals surface area contributed by atoms with Gasteiger partial charge in [-0.1, -0.05) is 6.07 Å². The molecule has 0 aromatic heterocycles. The zero-order chi connectivity index (χ0) is 16.2. The van der Waals surface area contributed by atoms with Gasteiger partial charge < -0.3 is 10.6 Å². The standard InChI is InChI=1S/C18H23N3OS/c1-3-13-12-21-8-7-14(13)9-16(21)11-19-18(22)20-15-5-4-6-17(10-15)23-2/h1,4-6,10,13-14,16H,7-9,11-12H2,2H3,(H2,19,20,22)/t13-,14-,16+/m0/s1. The molecule has 5 heteroatoms. The Bertz CT molecular complexity index is 613. The highest BCUT2D eigenvalue weighted by Crippen LogP contribution is 2.35. The molecule has 2 bridgehead atoms. The molecule has 1 aromatic rings. The SMILES string of the molecule is C#C[C@H]1CN2CC[C@H]1C[C@@H]2CNC(=O)Nc1cccc(SC)c1. The number of benzene rings is 1. The van der Waals surface area contributed by atoms with E-state index in [0.29, 0.717) is 24.4 Å². The molecule has 0 radical (unpaired) electrons. The van der Waals surface area contributed by atoms with Crippen LogP contribution in [0.5, 0.6) is 0 Å². The van der Waals surface area contributed by atoms with E-state index in [-0.39, 0.29) is 6.03 Å². The number of amides is 2. The number of piperidine rings is 3. The van der Waals surface area contributed by atoms with Crippen molar-refractivity contribution >= 4 is 23.5 Å². The fourth-order valence-electron chi connectivity index (χ4n) is 3.63. The molecule has 122 valence electrons. The number of terminal acetylenes is 1. The maximum atomic E-state index is 12.1. The minimum absolute atomic E-state index is 0.139. The van der Waals surface area contributed by atoms with Gasteiger partial charge in [0, 0.05) is 35.6 Å². The average Bonchev–Trinajstić information content (AvgIpc) is 2.60. The van der Waals surface area contributed by atoms with Gasteiger partial charge in [-0.2, -0.15) is 0 Å².